The quantitative estimate of drug-likeness (QED) is 0.412. The van der Waals surface area contributed by atoms with E-state index in [4.69, 9.17) is 31.5 Å². The Kier molecular flexibility index (Phi) is 11.5. The van der Waals surface area contributed by atoms with Crippen molar-refractivity contribution < 1.29 is 23.8 Å². The second-order valence-corrected chi connectivity index (χ2v) is 8.13. The van der Waals surface area contributed by atoms with Crippen molar-refractivity contribution in [3.8, 4) is 0 Å². The van der Waals surface area contributed by atoms with Crippen LogP contribution < -0.4 is 11.1 Å². The Morgan fingerprint density at radius 3 is 2.20 bits per heavy atom. The molecule has 0 radical (unpaired) electrons. The minimum atomic E-state index is -0.752. The van der Waals surface area contributed by atoms with Gasteiger partial charge in [0.25, 0.3) is 0 Å². The van der Waals surface area contributed by atoms with Crippen molar-refractivity contribution in [1.29, 1.82) is 0 Å². The molecule has 8 heteroatoms. The Morgan fingerprint density at radius 1 is 1.00 bits per heavy atom. The molecule has 7 nitrogen and oxygen atoms in total. The van der Waals surface area contributed by atoms with Crippen molar-refractivity contribution in [2.45, 2.75) is 26.7 Å². The number of carbonyl (C=O) groups is 2. The van der Waals surface area contributed by atoms with Gasteiger partial charge in [0.2, 0.25) is 0 Å². The molecular formula is C27H33ClN2O5. The molecule has 0 fully saturated rings. The Labute approximate surface area is 211 Å². The molecule has 188 valence electrons. The average molecular weight is 501 g/mol. The van der Waals surface area contributed by atoms with Crippen LogP contribution >= 0.6 is 11.6 Å². The number of hydrogen-bond donors (Lipinski definition) is 2. The van der Waals surface area contributed by atoms with Gasteiger partial charge in [0.1, 0.15) is 0 Å². The second-order valence-electron chi connectivity index (χ2n) is 7.72. The molecule has 0 aliphatic carbocycles. The highest BCUT2D eigenvalue weighted by Gasteiger charge is 2.39. The van der Waals surface area contributed by atoms with Crippen LogP contribution in [0.25, 0.3) is 0 Å². The zero-order valence-electron chi connectivity index (χ0n) is 20.6. The number of aryl methyl sites for hydroxylation is 1. The number of allylic oxidation sites excluding steroid dienone is 1. The molecule has 1 aliphatic rings. The maximum Gasteiger partial charge on any atom is 0.336 e. The van der Waals surface area contributed by atoms with E-state index in [1.807, 2.05) is 18.2 Å². The zero-order chi connectivity index (χ0) is 25.8. The van der Waals surface area contributed by atoms with E-state index in [-0.39, 0.29) is 18.8 Å². The maximum atomic E-state index is 12.9. The predicted molar refractivity (Wildman–Crippen MR) is 137 cm³/mol. The van der Waals surface area contributed by atoms with Gasteiger partial charge in [-0.3, -0.25) is 0 Å². The van der Waals surface area contributed by atoms with Gasteiger partial charge in [0, 0.05) is 17.3 Å². The highest BCUT2D eigenvalue weighted by Crippen LogP contribution is 2.41. The summed E-state index contributed by atoms with van der Waals surface area (Å²) < 4.78 is 15.8. The van der Waals surface area contributed by atoms with Crippen LogP contribution in [0.4, 0.5) is 0 Å². The summed E-state index contributed by atoms with van der Waals surface area (Å²) in [6, 6.07) is 17.3. The fourth-order valence-corrected chi connectivity index (χ4v) is 3.90. The van der Waals surface area contributed by atoms with Gasteiger partial charge < -0.3 is 25.3 Å². The average Bonchev–Trinajstić information content (AvgIpc) is 2.84. The van der Waals surface area contributed by atoms with Crippen molar-refractivity contribution in [3.63, 3.8) is 0 Å². The molecule has 3 rings (SSSR count). The minimum Gasteiger partial charge on any atom is -0.466 e. The van der Waals surface area contributed by atoms with E-state index in [0.29, 0.717) is 40.7 Å². The summed E-state index contributed by atoms with van der Waals surface area (Å²) in [6.07, 6.45) is 0. The fourth-order valence-electron chi connectivity index (χ4n) is 3.65. The van der Waals surface area contributed by atoms with Gasteiger partial charge in [-0.1, -0.05) is 65.7 Å². The minimum absolute atomic E-state index is 0.109. The highest BCUT2D eigenvalue weighted by atomic mass is 35.5. The van der Waals surface area contributed by atoms with Crippen LogP contribution in [0, 0.1) is 6.92 Å². The Balaban J connectivity index is 0.000000527. The molecule has 1 heterocycles. The molecule has 2 aromatic carbocycles. The predicted octanol–water partition coefficient (Wildman–Crippen LogP) is 4.26. The van der Waals surface area contributed by atoms with Gasteiger partial charge in [-0.2, -0.15) is 0 Å². The first kappa shape index (κ1) is 28.1. The topological polar surface area (TPSA) is 99.9 Å². The second kappa shape index (κ2) is 14.3. The summed E-state index contributed by atoms with van der Waals surface area (Å²) in [7, 11) is 1.29. The first-order valence-electron chi connectivity index (χ1n) is 11.4. The summed E-state index contributed by atoms with van der Waals surface area (Å²) in [5.74, 6) is -1.86. The highest BCUT2D eigenvalue weighted by molar-refractivity contribution is 6.31. The third-order valence-corrected chi connectivity index (χ3v) is 5.55. The summed E-state index contributed by atoms with van der Waals surface area (Å²) in [5, 5.41) is 3.52. The first-order valence-corrected chi connectivity index (χ1v) is 11.7. The number of rotatable bonds is 8. The SMILES string of the molecule is CCOC(=O)C1=C(COCCN)NC(C)=C(C(=O)OC)C1c1ccccc1Cl.Cc1ccccc1. The summed E-state index contributed by atoms with van der Waals surface area (Å²) >= 11 is 6.42. The largest absolute Gasteiger partial charge is 0.466 e. The number of nitrogens with two attached hydrogens (primary N) is 1. The maximum absolute atomic E-state index is 12.9. The van der Waals surface area contributed by atoms with Crippen molar-refractivity contribution in [2.24, 2.45) is 5.73 Å². The van der Waals surface area contributed by atoms with Gasteiger partial charge in [-0.05, 0) is 32.4 Å². The molecule has 0 bridgehead atoms. The molecule has 0 spiro atoms. The van der Waals surface area contributed by atoms with Crippen LogP contribution in [0.2, 0.25) is 5.02 Å². The molecule has 1 atom stereocenters. The molecule has 0 amide bonds. The summed E-state index contributed by atoms with van der Waals surface area (Å²) in [6.45, 7) is 6.50. The lowest BCUT2D eigenvalue weighted by Gasteiger charge is -2.31. The number of carbonyl (C=O) groups excluding carboxylic acids is 2. The van der Waals surface area contributed by atoms with Crippen molar-refractivity contribution in [3.05, 3.63) is 93.3 Å². The Hall–Kier alpha value is -3.13. The molecule has 35 heavy (non-hydrogen) atoms. The normalized spacial score (nSPS) is 15.1. The van der Waals surface area contributed by atoms with Gasteiger partial charge in [-0.25, -0.2) is 9.59 Å². The van der Waals surface area contributed by atoms with Crippen molar-refractivity contribution in [1.82, 2.24) is 5.32 Å². The molecule has 1 aliphatic heterocycles. The number of nitrogens with one attached hydrogen (secondary N) is 1. The van der Waals surface area contributed by atoms with Crippen molar-refractivity contribution in [2.75, 3.05) is 33.5 Å². The zero-order valence-corrected chi connectivity index (χ0v) is 21.4. The molecule has 0 saturated heterocycles. The van der Waals surface area contributed by atoms with Crippen LogP contribution in [-0.4, -0.2) is 45.4 Å². The van der Waals surface area contributed by atoms with Crippen LogP contribution in [0.15, 0.2) is 77.1 Å². The summed E-state index contributed by atoms with van der Waals surface area (Å²) in [5.41, 5.74) is 9.02. The lowest BCUT2D eigenvalue weighted by molar-refractivity contribution is -0.139. The third kappa shape index (κ3) is 7.68. The lowest BCUT2D eigenvalue weighted by atomic mass is 9.80. The molecule has 2 aromatic rings. The molecular weight excluding hydrogens is 468 g/mol. The summed E-state index contributed by atoms with van der Waals surface area (Å²) in [4.78, 5) is 25.5. The number of halogens is 1. The monoisotopic (exact) mass is 500 g/mol. The van der Waals surface area contributed by atoms with Gasteiger partial charge in [-0.15, -0.1) is 0 Å². The third-order valence-electron chi connectivity index (χ3n) is 5.21. The number of dihydropyridines is 1. The van der Waals surface area contributed by atoms with E-state index in [1.54, 1.807) is 38.1 Å². The molecule has 0 aromatic heterocycles. The van der Waals surface area contributed by atoms with Crippen LogP contribution in [0.5, 0.6) is 0 Å². The van der Waals surface area contributed by atoms with E-state index < -0.39 is 17.9 Å². The van der Waals surface area contributed by atoms with E-state index >= 15 is 0 Å². The molecule has 3 N–H and O–H groups in total. The van der Waals surface area contributed by atoms with E-state index in [9.17, 15) is 9.59 Å². The van der Waals surface area contributed by atoms with Gasteiger partial charge in [0.05, 0.1) is 49.7 Å². The number of ether oxygens (including phenoxy) is 3. The van der Waals surface area contributed by atoms with E-state index in [2.05, 4.69) is 24.4 Å². The van der Waals surface area contributed by atoms with E-state index in [1.165, 1.54) is 12.7 Å². The van der Waals surface area contributed by atoms with Gasteiger partial charge in [0.15, 0.2) is 0 Å². The van der Waals surface area contributed by atoms with Crippen LogP contribution in [-0.2, 0) is 23.8 Å². The number of hydrogen-bond acceptors (Lipinski definition) is 7. The number of esters is 2. The van der Waals surface area contributed by atoms with Gasteiger partial charge >= 0.3 is 11.9 Å². The lowest BCUT2D eigenvalue weighted by Crippen LogP contribution is -2.35. The van der Waals surface area contributed by atoms with Crippen LogP contribution in [0.3, 0.4) is 0 Å². The number of methoxy groups -OCH3 is 1. The van der Waals surface area contributed by atoms with Crippen molar-refractivity contribution >= 4 is 23.5 Å². The number of benzene rings is 2. The fraction of sp³-hybridized carbons (Fsp3) is 0.333. The Bertz CT molecular complexity index is 1070. The van der Waals surface area contributed by atoms with E-state index in [0.717, 1.165) is 0 Å². The smallest absolute Gasteiger partial charge is 0.336 e. The molecule has 0 saturated carbocycles. The Morgan fingerprint density at radius 2 is 1.66 bits per heavy atom. The van der Waals surface area contributed by atoms with Crippen LogP contribution in [0.1, 0.15) is 30.9 Å². The first-order chi connectivity index (χ1) is 16.8. The molecule has 1 unspecified atom stereocenters. The standard InChI is InChI=1S/C20H25ClN2O5.C7H8/c1-4-28-20(25)18-15(11-27-10-9-22)23-12(2)16(19(24)26-3)17(18)13-7-5-6-8-14(13)21;1-7-5-3-2-4-6-7/h5-8,17,23H,4,9-11,22H2,1-3H3;2-6H,1H3.